The average molecular weight is 303 g/mol. The van der Waals surface area contributed by atoms with Gasteiger partial charge in [0.2, 0.25) is 5.78 Å². The van der Waals surface area contributed by atoms with E-state index in [9.17, 15) is 4.79 Å². The van der Waals surface area contributed by atoms with Gasteiger partial charge in [-0.25, -0.2) is 9.97 Å². The molecule has 0 N–H and O–H groups in total. The molecule has 0 amide bonds. The van der Waals surface area contributed by atoms with Crippen LogP contribution in [0.4, 0.5) is 0 Å². The minimum absolute atomic E-state index is 0.102. The van der Waals surface area contributed by atoms with Crippen molar-refractivity contribution in [2.45, 2.75) is 13.8 Å². The second kappa shape index (κ2) is 4.96. The molecule has 0 fully saturated rings. The number of aryl methyl sites for hydroxylation is 2. The summed E-state index contributed by atoms with van der Waals surface area (Å²) in [7, 11) is 0. The predicted molar refractivity (Wildman–Crippen MR) is 81.8 cm³/mol. The normalized spacial score (nSPS) is 10.9. The lowest BCUT2D eigenvalue weighted by molar-refractivity contribution is 0.103. The number of fused-ring (bicyclic) bond motifs is 1. The van der Waals surface area contributed by atoms with Crippen LogP contribution in [0.5, 0.6) is 0 Å². The molecule has 0 spiro atoms. The second-order valence-electron chi connectivity index (χ2n) is 4.52. The number of hydrogen-bond acceptors (Lipinski definition) is 4. The minimum atomic E-state index is -0.102. The summed E-state index contributed by atoms with van der Waals surface area (Å²) in [6.07, 6.45) is 1.45. The highest BCUT2D eigenvalue weighted by molar-refractivity contribution is 7.18. The number of halogens is 1. The lowest BCUT2D eigenvalue weighted by atomic mass is 10.0. The Morgan fingerprint density at radius 1 is 1.15 bits per heavy atom. The highest BCUT2D eigenvalue weighted by Crippen LogP contribution is 2.31. The summed E-state index contributed by atoms with van der Waals surface area (Å²) >= 11 is 7.43. The number of aromatic nitrogens is 2. The van der Waals surface area contributed by atoms with Crippen molar-refractivity contribution < 1.29 is 4.79 Å². The molecular weight excluding hydrogens is 292 g/mol. The molecule has 0 saturated heterocycles. The van der Waals surface area contributed by atoms with Crippen molar-refractivity contribution in [1.29, 1.82) is 0 Å². The monoisotopic (exact) mass is 302 g/mol. The van der Waals surface area contributed by atoms with Gasteiger partial charge >= 0.3 is 0 Å². The Morgan fingerprint density at radius 3 is 2.55 bits per heavy atom. The number of carbonyl (C=O) groups is 1. The lowest BCUT2D eigenvalue weighted by Crippen LogP contribution is -2.05. The Hall–Kier alpha value is -1.78. The van der Waals surface area contributed by atoms with E-state index in [1.165, 1.54) is 6.33 Å². The van der Waals surface area contributed by atoms with Gasteiger partial charge in [0, 0.05) is 20.8 Å². The highest BCUT2D eigenvalue weighted by Gasteiger charge is 2.18. The van der Waals surface area contributed by atoms with E-state index in [0.717, 1.165) is 20.7 Å². The van der Waals surface area contributed by atoms with Gasteiger partial charge in [-0.05, 0) is 43.7 Å². The van der Waals surface area contributed by atoms with Crippen molar-refractivity contribution in [3.63, 3.8) is 0 Å². The van der Waals surface area contributed by atoms with Crippen LogP contribution in [-0.4, -0.2) is 15.8 Å². The van der Waals surface area contributed by atoms with E-state index in [0.29, 0.717) is 16.3 Å². The molecule has 3 aromatic rings. The summed E-state index contributed by atoms with van der Waals surface area (Å²) in [5.41, 5.74) is 2.11. The fourth-order valence-electron chi connectivity index (χ4n) is 2.09. The first-order valence-electron chi connectivity index (χ1n) is 6.09. The van der Waals surface area contributed by atoms with E-state index in [1.54, 1.807) is 35.6 Å². The van der Waals surface area contributed by atoms with Crippen molar-refractivity contribution in [1.82, 2.24) is 9.97 Å². The molecule has 2 heterocycles. The Morgan fingerprint density at radius 2 is 1.85 bits per heavy atom. The highest BCUT2D eigenvalue weighted by atomic mass is 35.5. The van der Waals surface area contributed by atoms with Crippen molar-refractivity contribution in [3.8, 4) is 0 Å². The van der Waals surface area contributed by atoms with Crippen molar-refractivity contribution >= 4 is 38.9 Å². The fourth-order valence-corrected chi connectivity index (χ4v) is 3.22. The van der Waals surface area contributed by atoms with Crippen LogP contribution in [0.2, 0.25) is 5.02 Å². The van der Waals surface area contributed by atoms with Gasteiger partial charge in [0.25, 0.3) is 0 Å². The zero-order valence-electron chi connectivity index (χ0n) is 11.0. The number of thiophene rings is 1. The molecule has 0 aliphatic rings. The largest absolute Gasteiger partial charge is 0.287 e. The molecule has 0 saturated carbocycles. The molecule has 100 valence electrons. The maximum absolute atomic E-state index is 12.6. The fraction of sp³-hybridized carbons (Fsp3) is 0.133. The van der Waals surface area contributed by atoms with Crippen LogP contribution in [0.25, 0.3) is 10.2 Å². The first-order valence-corrected chi connectivity index (χ1v) is 7.28. The molecule has 2 aromatic heterocycles. The van der Waals surface area contributed by atoms with Crippen LogP contribution >= 0.6 is 22.9 Å². The quantitative estimate of drug-likeness (QED) is 0.667. The summed E-state index contributed by atoms with van der Waals surface area (Å²) in [5, 5.41) is 1.46. The Kier molecular flexibility index (Phi) is 3.28. The first kappa shape index (κ1) is 13.2. The summed E-state index contributed by atoms with van der Waals surface area (Å²) in [5.74, 6) is -0.102. The maximum atomic E-state index is 12.6. The van der Waals surface area contributed by atoms with E-state index >= 15 is 0 Å². The van der Waals surface area contributed by atoms with E-state index in [2.05, 4.69) is 9.97 Å². The number of carbonyl (C=O) groups excluding carboxylic acids is 1. The van der Waals surface area contributed by atoms with E-state index < -0.39 is 0 Å². The van der Waals surface area contributed by atoms with E-state index in [4.69, 9.17) is 11.6 Å². The molecule has 0 aliphatic carbocycles. The summed E-state index contributed by atoms with van der Waals surface area (Å²) < 4.78 is 0. The van der Waals surface area contributed by atoms with Crippen LogP contribution in [0.15, 0.2) is 30.6 Å². The van der Waals surface area contributed by atoms with Crippen molar-refractivity contribution in [2.75, 3.05) is 0 Å². The van der Waals surface area contributed by atoms with Crippen molar-refractivity contribution in [2.24, 2.45) is 0 Å². The molecule has 1 aromatic carbocycles. The standard InChI is InChI=1S/C15H11ClN2OS/c1-8-9(2)20-15-12(8)13(17-7-18-15)14(19)10-3-5-11(16)6-4-10/h3-7H,1-2H3. The lowest BCUT2D eigenvalue weighted by Gasteiger charge is -2.03. The van der Waals surface area contributed by atoms with Gasteiger partial charge in [0.05, 0.1) is 0 Å². The van der Waals surface area contributed by atoms with Gasteiger partial charge in [-0.1, -0.05) is 11.6 Å². The predicted octanol–water partition coefficient (Wildman–Crippen LogP) is 4.19. The second-order valence-corrected chi connectivity index (χ2v) is 6.16. The van der Waals surface area contributed by atoms with Crippen LogP contribution in [0.3, 0.4) is 0 Å². The summed E-state index contributed by atoms with van der Waals surface area (Å²) in [4.78, 5) is 23.1. The number of hydrogen-bond donors (Lipinski definition) is 0. The number of benzene rings is 1. The minimum Gasteiger partial charge on any atom is -0.287 e. The third kappa shape index (κ3) is 2.11. The van der Waals surface area contributed by atoms with Crippen molar-refractivity contribution in [3.05, 3.63) is 57.3 Å². The van der Waals surface area contributed by atoms with E-state index in [-0.39, 0.29) is 5.78 Å². The van der Waals surface area contributed by atoms with Crippen LogP contribution in [-0.2, 0) is 0 Å². The molecule has 0 radical (unpaired) electrons. The third-order valence-electron chi connectivity index (χ3n) is 3.29. The van der Waals surface area contributed by atoms with Gasteiger partial charge in [0.1, 0.15) is 16.9 Å². The molecule has 0 bridgehead atoms. The zero-order valence-corrected chi connectivity index (χ0v) is 12.5. The Labute approximate surface area is 125 Å². The molecule has 20 heavy (non-hydrogen) atoms. The van der Waals surface area contributed by atoms with Gasteiger partial charge in [0.15, 0.2) is 0 Å². The summed E-state index contributed by atoms with van der Waals surface area (Å²) in [6.45, 7) is 4.02. The molecule has 3 rings (SSSR count). The smallest absolute Gasteiger partial charge is 0.212 e. The van der Waals surface area contributed by atoms with Gasteiger partial charge < -0.3 is 0 Å². The number of nitrogens with zero attached hydrogens (tertiary/aromatic N) is 2. The number of ketones is 1. The van der Waals surface area contributed by atoms with Crippen LogP contribution in [0.1, 0.15) is 26.5 Å². The molecule has 5 heteroatoms. The van der Waals surface area contributed by atoms with E-state index in [1.807, 2.05) is 13.8 Å². The van der Waals surface area contributed by atoms with Crippen LogP contribution in [0, 0.1) is 13.8 Å². The van der Waals surface area contributed by atoms with Gasteiger partial charge in [-0.2, -0.15) is 0 Å². The molecule has 0 aliphatic heterocycles. The third-order valence-corrected chi connectivity index (χ3v) is 4.65. The molecule has 0 atom stereocenters. The topological polar surface area (TPSA) is 42.9 Å². The Bertz CT molecular complexity index is 809. The average Bonchev–Trinajstić information content (AvgIpc) is 2.74. The number of rotatable bonds is 2. The van der Waals surface area contributed by atoms with Gasteiger partial charge in [-0.15, -0.1) is 11.3 Å². The first-order chi connectivity index (χ1) is 9.58. The summed E-state index contributed by atoms with van der Waals surface area (Å²) in [6, 6.07) is 6.85. The molecule has 0 unspecified atom stereocenters. The van der Waals surface area contributed by atoms with Gasteiger partial charge in [-0.3, -0.25) is 4.79 Å². The Balaban J connectivity index is 2.19. The maximum Gasteiger partial charge on any atom is 0.212 e. The zero-order chi connectivity index (χ0) is 14.3. The van der Waals surface area contributed by atoms with Crippen LogP contribution < -0.4 is 0 Å². The molecule has 3 nitrogen and oxygen atoms in total. The molecular formula is C15H11ClN2OS. The SMILES string of the molecule is Cc1sc2ncnc(C(=O)c3ccc(Cl)cc3)c2c1C.